The molecule has 13 nitrogen and oxygen atoms in total. The molecule has 4 N–H and O–H groups in total. The summed E-state index contributed by atoms with van der Waals surface area (Å²) in [6.45, 7) is 3.62. The Morgan fingerprint density at radius 3 is 2.49 bits per heavy atom. The fourth-order valence-electron chi connectivity index (χ4n) is 9.27. The summed E-state index contributed by atoms with van der Waals surface area (Å²) in [7, 11) is -3.97. The van der Waals surface area contributed by atoms with Crippen LogP contribution >= 0.6 is 0 Å². The number of para-hydroxylation sites is 1. The summed E-state index contributed by atoms with van der Waals surface area (Å²) in [5.41, 5.74) is 0.236. The largest absolute Gasteiger partial charge is 0.483 e. The Morgan fingerprint density at radius 1 is 0.964 bits per heavy atom. The third-order valence-corrected chi connectivity index (χ3v) is 15.3. The van der Waals surface area contributed by atoms with Gasteiger partial charge in [-0.25, -0.2) is 18.2 Å². The number of fused-ring (bicyclic) bond motifs is 5. The van der Waals surface area contributed by atoms with E-state index in [9.17, 15) is 27.6 Å². The maximum atomic E-state index is 14.8. The van der Waals surface area contributed by atoms with Crippen LogP contribution < -0.4 is 25.4 Å². The predicted octanol–water partition coefficient (Wildman–Crippen LogP) is 4.60. The second-order valence-corrected chi connectivity index (χ2v) is 19.4. The van der Waals surface area contributed by atoms with Crippen molar-refractivity contribution in [3.63, 3.8) is 0 Å². The number of nitrogens with zero attached hydrogens (tertiary/aromatic N) is 2. The molecule has 296 valence electrons. The summed E-state index contributed by atoms with van der Waals surface area (Å²) in [4.78, 5) is 63.2. The van der Waals surface area contributed by atoms with Crippen LogP contribution in [0.25, 0.3) is 10.9 Å². The first-order valence-corrected chi connectivity index (χ1v) is 21.8. The Labute approximate surface area is 323 Å². The van der Waals surface area contributed by atoms with Gasteiger partial charge < -0.3 is 25.6 Å². The lowest BCUT2D eigenvalue weighted by Gasteiger charge is -2.36. The molecular weight excluding hydrogens is 721 g/mol. The van der Waals surface area contributed by atoms with Gasteiger partial charge in [0.1, 0.15) is 29.0 Å². The van der Waals surface area contributed by atoms with Crippen LogP contribution in [0.5, 0.6) is 5.75 Å². The number of nitrogens with one attached hydrogen (secondary N) is 4. The zero-order valence-corrected chi connectivity index (χ0v) is 32.8. The molecule has 2 aromatic rings. The molecule has 4 fully saturated rings. The van der Waals surface area contributed by atoms with Crippen LogP contribution in [0.1, 0.15) is 114 Å². The molecule has 3 saturated carbocycles. The van der Waals surface area contributed by atoms with Gasteiger partial charge in [-0.05, 0) is 84.1 Å². The third kappa shape index (κ3) is 7.31. The van der Waals surface area contributed by atoms with Crippen molar-refractivity contribution in [3.8, 4) is 5.75 Å². The number of ether oxygens (including phenoxy) is 1. The normalized spacial score (nSPS) is 31.4. The SMILES string of the molecule is Cc1nc2ccccc2c2c1O[C@]1(CC2)C[C@H]2C(=O)N[C@]3(C(=O)NS(=O)(=O)C4(C)CC4)C[C@H]3/C=C\CCCCC[C@H](NC(=O)NC3CCCCC3)C(=O)N2C1. The van der Waals surface area contributed by atoms with Crippen molar-refractivity contribution in [2.45, 2.75) is 151 Å². The molecule has 3 aliphatic carbocycles. The van der Waals surface area contributed by atoms with Gasteiger partial charge in [0, 0.05) is 29.3 Å². The molecule has 1 aromatic heterocycles. The number of pyridine rings is 1. The minimum Gasteiger partial charge on any atom is -0.483 e. The minimum absolute atomic E-state index is 0.0512. The number of hydrogen-bond acceptors (Lipinski definition) is 8. The Kier molecular flexibility index (Phi) is 9.86. The zero-order valence-electron chi connectivity index (χ0n) is 32.0. The summed E-state index contributed by atoms with van der Waals surface area (Å²) < 4.78 is 34.6. The number of allylic oxidation sites excluding steroid dienone is 1. The highest BCUT2D eigenvalue weighted by Crippen LogP contribution is 2.49. The van der Waals surface area contributed by atoms with E-state index in [1.54, 1.807) is 6.92 Å². The predicted molar refractivity (Wildman–Crippen MR) is 207 cm³/mol. The van der Waals surface area contributed by atoms with E-state index in [-0.39, 0.29) is 37.4 Å². The molecule has 1 aromatic carbocycles. The van der Waals surface area contributed by atoms with E-state index in [1.807, 2.05) is 43.3 Å². The van der Waals surface area contributed by atoms with Crippen molar-refractivity contribution >= 4 is 44.7 Å². The highest BCUT2D eigenvalue weighted by molar-refractivity contribution is 7.91. The molecule has 1 saturated heterocycles. The Morgan fingerprint density at radius 2 is 1.71 bits per heavy atom. The van der Waals surface area contributed by atoms with Gasteiger partial charge >= 0.3 is 6.03 Å². The number of aryl methyl sites for hydroxylation is 2. The molecule has 0 unspecified atom stereocenters. The summed E-state index contributed by atoms with van der Waals surface area (Å²) >= 11 is 0. The number of amides is 5. The van der Waals surface area contributed by atoms with E-state index < -0.39 is 55.7 Å². The second kappa shape index (κ2) is 14.4. The van der Waals surface area contributed by atoms with Crippen molar-refractivity contribution in [1.29, 1.82) is 0 Å². The van der Waals surface area contributed by atoms with Gasteiger partial charge in [-0.2, -0.15) is 0 Å². The first kappa shape index (κ1) is 37.7. The van der Waals surface area contributed by atoms with Crippen LogP contribution in [0, 0.1) is 12.8 Å². The monoisotopic (exact) mass is 774 g/mol. The van der Waals surface area contributed by atoms with Crippen LogP contribution in [0.15, 0.2) is 36.4 Å². The lowest BCUT2D eigenvalue weighted by Crippen LogP contribution is -2.59. The fraction of sp³-hybridized carbons (Fsp3) is 0.634. The van der Waals surface area contributed by atoms with Crippen LogP contribution in [0.4, 0.5) is 4.79 Å². The van der Waals surface area contributed by atoms with Crippen molar-refractivity contribution in [2.75, 3.05) is 6.54 Å². The lowest BCUT2D eigenvalue weighted by atomic mass is 9.87. The van der Waals surface area contributed by atoms with E-state index in [1.165, 1.54) is 4.90 Å². The standard InChI is InChI=1S/C41H54N6O7S/c1-26-34-30(29-16-11-12-17-31(29)42-26)19-20-40(54-34)24-33-35(48)45-41(37(50)46-55(52,53)39(2)21-22-39)23-27(41)13-7-4-3-5-10-18-32(36(49)47(33)25-40)44-38(51)43-28-14-8-6-9-15-28/h7,11-13,16-17,27-28,32-33H,3-6,8-10,14-15,18-25H2,1-2H3,(H,45,48)(H,46,50)(H2,43,44,51)/b13-7-/t27-,32+,33+,40-,41-/m1/s1. The highest BCUT2D eigenvalue weighted by Gasteiger charge is 2.64. The van der Waals surface area contributed by atoms with E-state index >= 15 is 0 Å². The maximum Gasteiger partial charge on any atom is 0.315 e. The summed E-state index contributed by atoms with van der Waals surface area (Å²) in [6.07, 6.45) is 14.9. The highest BCUT2D eigenvalue weighted by atomic mass is 32.2. The van der Waals surface area contributed by atoms with Crippen molar-refractivity contribution in [3.05, 3.63) is 47.7 Å². The van der Waals surface area contributed by atoms with E-state index in [0.29, 0.717) is 44.3 Å². The van der Waals surface area contributed by atoms with Crippen LogP contribution in [-0.4, -0.2) is 82.6 Å². The van der Waals surface area contributed by atoms with Crippen molar-refractivity contribution in [2.24, 2.45) is 5.92 Å². The average Bonchev–Trinajstić information content (AvgIpc) is 4.05. The molecule has 5 atom stereocenters. The lowest BCUT2D eigenvalue weighted by molar-refractivity contribution is -0.141. The molecule has 0 bridgehead atoms. The number of benzene rings is 1. The molecular formula is C41H54N6O7S. The first-order chi connectivity index (χ1) is 26.3. The third-order valence-electron chi connectivity index (χ3n) is 13.1. The van der Waals surface area contributed by atoms with E-state index in [4.69, 9.17) is 9.72 Å². The number of urea groups is 1. The minimum atomic E-state index is -3.97. The number of rotatable bonds is 5. The first-order valence-electron chi connectivity index (χ1n) is 20.3. The van der Waals surface area contributed by atoms with Crippen LogP contribution in [-0.2, 0) is 30.8 Å². The van der Waals surface area contributed by atoms with Crippen molar-refractivity contribution in [1.82, 2.24) is 30.6 Å². The molecule has 8 rings (SSSR count). The van der Waals surface area contributed by atoms with Gasteiger partial charge in [0.25, 0.3) is 5.91 Å². The number of sulfonamides is 1. The quantitative estimate of drug-likeness (QED) is 0.319. The Bertz CT molecular complexity index is 2030. The molecule has 55 heavy (non-hydrogen) atoms. The van der Waals surface area contributed by atoms with Gasteiger partial charge in [0.2, 0.25) is 21.8 Å². The molecule has 3 aliphatic heterocycles. The summed E-state index contributed by atoms with van der Waals surface area (Å²) in [5, 5.41) is 10.1. The second-order valence-electron chi connectivity index (χ2n) is 17.2. The number of aromatic nitrogens is 1. The maximum absolute atomic E-state index is 14.8. The average molecular weight is 775 g/mol. The van der Waals surface area contributed by atoms with Crippen LogP contribution in [0.2, 0.25) is 0 Å². The summed E-state index contributed by atoms with van der Waals surface area (Å²) in [6, 6.07) is 5.67. The molecule has 5 amide bonds. The van der Waals surface area contributed by atoms with Crippen molar-refractivity contribution < 1.29 is 32.3 Å². The van der Waals surface area contributed by atoms with E-state index in [0.717, 1.165) is 73.5 Å². The van der Waals surface area contributed by atoms with Gasteiger partial charge in [-0.15, -0.1) is 0 Å². The smallest absolute Gasteiger partial charge is 0.315 e. The van der Waals surface area contributed by atoms with Gasteiger partial charge in [0.05, 0.1) is 22.5 Å². The van der Waals surface area contributed by atoms with Gasteiger partial charge in [0.15, 0.2) is 0 Å². The molecule has 4 heterocycles. The van der Waals surface area contributed by atoms with Gasteiger partial charge in [-0.1, -0.05) is 62.5 Å². The Balaban J connectivity index is 1.11. The molecule has 6 aliphatic rings. The molecule has 14 heteroatoms. The molecule has 1 spiro atoms. The van der Waals surface area contributed by atoms with E-state index in [2.05, 4.69) is 20.7 Å². The number of carbonyl (C=O) groups excluding carboxylic acids is 4. The topological polar surface area (TPSA) is 176 Å². The molecule has 0 radical (unpaired) electrons. The van der Waals surface area contributed by atoms with Gasteiger partial charge in [-0.3, -0.25) is 19.1 Å². The number of hydrogen-bond donors (Lipinski definition) is 4. The van der Waals surface area contributed by atoms with Crippen LogP contribution in [0.3, 0.4) is 0 Å². The zero-order chi connectivity index (χ0) is 38.6. The Hall–Kier alpha value is -4.20. The summed E-state index contributed by atoms with van der Waals surface area (Å²) in [5.74, 6) is -1.42. The fourth-order valence-corrected chi connectivity index (χ4v) is 10.6. The number of carbonyl (C=O) groups is 4.